The second-order valence-corrected chi connectivity index (χ2v) is 5.20. The molecule has 0 spiro atoms. The lowest BCUT2D eigenvalue weighted by atomic mass is 10.1. The summed E-state index contributed by atoms with van der Waals surface area (Å²) < 4.78 is 0. The maximum absolute atomic E-state index is 12.3. The first kappa shape index (κ1) is 14.8. The molecule has 3 aromatic rings. The van der Waals surface area contributed by atoms with Gasteiger partial charge in [0.15, 0.2) is 5.82 Å². The highest BCUT2D eigenvalue weighted by atomic mass is 16.7. The van der Waals surface area contributed by atoms with Crippen molar-refractivity contribution < 1.29 is 19.2 Å². The van der Waals surface area contributed by atoms with E-state index in [1.165, 1.54) is 30.5 Å². The Bertz CT molecular complexity index is 962. The highest BCUT2D eigenvalue weighted by molar-refractivity contribution is 6.21. The Morgan fingerprint density at radius 2 is 1.72 bits per heavy atom. The Balaban J connectivity index is 1.58. The minimum atomic E-state index is -0.843. The van der Waals surface area contributed by atoms with Gasteiger partial charge in [0.05, 0.1) is 16.7 Å². The number of hydroxylamine groups is 2. The van der Waals surface area contributed by atoms with Gasteiger partial charge in [-0.1, -0.05) is 17.2 Å². The van der Waals surface area contributed by atoms with Gasteiger partial charge < -0.3 is 9.82 Å². The fraction of sp³-hybridized carbons (Fsp3) is 0. The number of benzene rings is 1. The van der Waals surface area contributed by atoms with Crippen LogP contribution in [0.3, 0.4) is 0 Å². The molecule has 1 aliphatic rings. The van der Waals surface area contributed by atoms with Gasteiger partial charge in [0.1, 0.15) is 5.69 Å². The van der Waals surface area contributed by atoms with Gasteiger partial charge in [-0.3, -0.25) is 14.6 Å². The maximum Gasteiger partial charge on any atom is 0.364 e. The number of hydrogen-bond donors (Lipinski definition) is 1. The van der Waals surface area contributed by atoms with Crippen molar-refractivity contribution >= 4 is 17.8 Å². The number of pyridine rings is 1. The van der Waals surface area contributed by atoms with Gasteiger partial charge in [0.2, 0.25) is 0 Å². The molecule has 0 saturated carbocycles. The van der Waals surface area contributed by atoms with Crippen LogP contribution < -0.4 is 0 Å². The van der Waals surface area contributed by atoms with Gasteiger partial charge in [-0.15, -0.1) is 0 Å². The zero-order chi connectivity index (χ0) is 17.4. The highest BCUT2D eigenvalue weighted by Gasteiger charge is 2.38. The molecule has 1 aromatic carbocycles. The summed E-state index contributed by atoms with van der Waals surface area (Å²) in [4.78, 5) is 52.8. The molecule has 0 atom stereocenters. The van der Waals surface area contributed by atoms with Crippen molar-refractivity contribution in [1.29, 1.82) is 0 Å². The van der Waals surface area contributed by atoms with E-state index in [0.29, 0.717) is 16.6 Å². The first-order chi connectivity index (χ1) is 12.1. The molecule has 4 rings (SSSR count). The van der Waals surface area contributed by atoms with Crippen LogP contribution in [0.15, 0.2) is 55.0 Å². The molecule has 8 nitrogen and oxygen atoms in total. The summed E-state index contributed by atoms with van der Waals surface area (Å²) >= 11 is 0. The van der Waals surface area contributed by atoms with E-state index in [4.69, 9.17) is 4.84 Å². The summed E-state index contributed by atoms with van der Waals surface area (Å²) in [6.45, 7) is 0. The van der Waals surface area contributed by atoms with Crippen molar-refractivity contribution in [3.05, 3.63) is 71.7 Å². The Kier molecular flexibility index (Phi) is 3.35. The fourth-order valence-corrected chi connectivity index (χ4v) is 2.48. The summed E-state index contributed by atoms with van der Waals surface area (Å²) in [7, 11) is 0. The molecule has 8 heteroatoms. The number of carbonyl (C=O) groups is 3. The molecule has 0 saturated heterocycles. The second kappa shape index (κ2) is 5.68. The lowest BCUT2D eigenvalue weighted by Gasteiger charge is -2.12. The van der Waals surface area contributed by atoms with Crippen LogP contribution in [0.25, 0.3) is 11.5 Å². The normalized spacial score (nSPS) is 13.0. The molecular formula is C17H10N4O4. The standard InChI is InChI=1S/C17H10N4O4/c22-15-11-3-1-2-4-12(11)16(23)21(15)25-17(24)10-5-6-18-13(9-10)14-19-7-8-20-14/h1-9H,(H,19,20). The van der Waals surface area contributed by atoms with Crippen molar-refractivity contribution in [3.63, 3.8) is 0 Å². The molecule has 0 bridgehead atoms. The number of hydrogen-bond acceptors (Lipinski definition) is 6. The number of aromatic amines is 1. The van der Waals surface area contributed by atoms with Crippen LogP contribution in [0, 0.1) is 0 Å². The first-order valence-corrected chi connectivity index (χ1v) is 7.31. The number of H-pyrrole nitrogens is 1. The fourth-order valence-electron chi connectivity index (χ4n) is 2.48. The largest absolute Gasteiger partial charge is 0.364 e. The number of nitrogens with zero attached hydrogens (tertiary/aromatic N) is 3. The molecule has 1 N–H and O–H groups in total. The van der Waals surface area contributed by atoms with E-state index < -0.39 is 17.8 Å². The molecule has 3 heterocycles. The Hall–Kier alpha value is -3.81. The van der Waals surface area contributed by atoms with Gasteiger partial charge in [0, 0.05) is 18.6 Å². The van der Waals surface area contributed by atoms with E-state index >= 15 is 0 Å². The van der Waals surface area contributed by atoms with E-state index in [-0.39, 0.29) is 16.7 Å². The van der Waals surface area contributed by atoms with Crippen LogP contribution >= 0.6 is 0 Å². The molecule has 2 aromatic heterocycles. The SMILES string of the molecule is O=C(ON1C(=O)c2ccccc2C1=O)c1ccnc(-c2ncc[nH]2)c1. The van der Waals surface area contributed by atoms with Crippen molar-refractivity contribution in [1.82, 2.24) is 20.0 Å². The smallest absolute Gasteiger partial charge is 0.343 e. The minimum absolute atomic E-state index is 0.137. The number of nitrogens with one attached hydrogen (secondary N) is 1. The number of fused-ring (bicyclic) bond motifs is 1. The van der Waals surface area contributed by atoms with Gasteiger partial charge in [-0.2, -0.15) is 0 Å². The molecule has 0 unspecified atom stereocenters. The number of carbonyl (C=O) groups excluding carboxylic acids is 3. The molecule has 0 fully saturated rings. The van der Waals surface area contributed by atoms with Crippen molar-refractivity contribution in [2.75, 3.05) is 0 Å². The third-order valence-corrected chi connectivity index (χ3v) is 3.67. The van der Waals surface area contributed by atoms with E-state index in [9.17, 15) is 14.4 Å². The Morgan fingerprint density at radius 3 is 2.36 bits per heavy atom. The van der Waals surface area contributed by atoms with Crippen LogP contribution in [0.4, 0.5) is 0 Å². The van der Waals surface area contributed by atoms with Crippen LogP contribution in [0.2, 0.25) is 0 Å². The summed E-state index contributed by atoms with van der Waals surface area (Å²) in [5, 5.41) is 0.472. The first-order valence-electron chi connectivity index (χ1n) is 7.31. The number of amides is 2. The highest BCUT2D eigenvalue weighted by Crippen LogP contribution is 2.23. The monoisotopic (exact) mass is 334 g/mol. The van der Waals surface area contributed by atoms with E-state index in [1.54, 1.807) is 24.5 Å². The number of imidazole rings is 1. The second-order valence-electron chi connectivity index (χ2n) is 5.20. The van der Waals surface area contributed by atoms with E-state index in [0.717, 1.165) is 0 Å². The third-order valence-electron chi connectivity index (χ3n) is 3.67. The van der Waals surface area contributed by atoms with Gasteiger partial charge >= 0.3 is 5.97 Å². The van der Waals surface area contributed by atoms with Crippen LogP contribution in [0.5, 0.6) is 0 Å². The van der Waals surface area contributed by atoms with E-state index in [1.807, 2.05) is 0 Å². The van der Waals surface area contributed by atoms with Crippen LogP contribution in [-0.2, 0) is 4.84 Å². The molecular weight excluding hydrogens is 324 g/mol. The average Bonchev–Trinajstić information content (AvgIpc) is 3.26. The van der Waals surface area contributed by atoms with Gasteiger partial charge in [0.25, 0.3) is 11.8 Å². The van der Waals surface area contributed by atoms with Gasteiger partial charge in [-0.05, 0) is 24.3 Å². The predicted molar refractivity (Wildman–Crippen MR) is 84.2 cm³/mol. The zero-order valence-corrected chi connectivity index (χ0v) is 12.7. The molecule has 1 aliphatic heterocycles. The average molecular weight is 334 g/mol. The molecule has 0 aliphatic carbocycles. The third kappa shape index (κ3) is 2.45. The molecule has 0 radical (unpaired) electrons. The summed E-state index contributed by atoms with van der Waals surface area (Å²) in [6.07, 6.45) is 4.60. The van der Waals surface area contributed by atoms with Crippen LogP contribution in [0.1, 0.15) is 31.1 Å². The maximum atomic E-state index is 12.3. The van der Waals surface area contributed by atoms with Crippen molar-refractivity contribution in [2.24, 2.45) is 0 Å². The number of aromatic nitrogens is 3. The summed E-state index contributed by atoms with van der Waals surface area (Å²) in [5.74, 6) is -1.70. The summed E-state index contributed by atoms with van der Waals surface area (Å²) in [5.41, 5.74) is 0.970. The molecule has 2 amide bonds. The lowest BCUT2D eigenvalue weighted by molar-refractivity contribution is -0.0584. The predicted octanol–water partition coefficient (Wildman–Crippen LogP) is 1.84. The number of rotatable bonds is 3. The minimum Gasteiger partial charge on any atom is -0.343 e. The van der Waals surface area contributed by atoms with Crippen LogP contribution in [-0.4, -0.2) is 37.8 Å². The molecule has 122 valence electrons. The number of imide groups is 1. The Labute approximate surface area is 141 Å². The van der Waals surface area contributed by atoms with Crippen molar-refractivity contribution in [3.8, 4) is 11.5 Å². The lowest BCUT2D eigenvalue weighted by Crippen LogP contribution is -2.32. The summed E-state index contributed by atoms with van der Waals surface area (Å²) in [6, 6.07) is 9.16. The topological polar surface area (TPSA) is 105 Å². The van der Waals surface area contributed by atoms with E-state index in [2.05, 4.69) is 15.0 Å². The quantitative estimate of drug-likeness (QED) is 0.733. The van der Waals surface area contributed by atoms with Crippen molar-refractivity contribution in [2.45, 2.75) is 0 Å². The Morgan fingerprint density at radius 1 is 1.00 bits per heavy atom. The molecule has 25 heavy (non-hydrogen) atoms. The zero-order valence-electron chi connectivity index (χ0n) is 12.7. The van der Waals surface area contributed by atoms with Gasteiger partial charge in [-0.25, -0.2) is 9.78 Å².